The Kier molecular flexibility index (Phi) is 1.51. The Morgan fingerprint density at radius 3 is 2.75 bits per heavy atom. The van der Waals surface area contributed by atoms with Crippen LogP contribution < -0.4 is 5.32 Å². The number of likely N-dealkylation sites (N-methyl/N-ethyl adjacent to an activating group) is 1. The van der Waals surface area contributed by atoms with E-state index in [4.69, 9.17) is 0 Å². The molecule has 1 atom stereocenters. The van der Waals surface area contributed by atoms with Gasteiger partial charge in [-0.2, -0.15) is 0 Å². The molecule has 8 heavy (non-hydrogen) atoms. The summed E-state index contributed by atoms with van der Waals surface area (Å²) in [4.78, 5) is 0. The van der Waals surface area contributed by atoms with E-state index in [0.717, 1.165) is 13.1 Å². The first-order valence-corrected chi connectivity index (χ1v) is 2.82. The molecule has 1 aliphatic heterocycles. The molecule has 0 aromatic carbocycles. The maximum Gasteiger partial charge on any atom is 0.155 e. The molecule has 1 fully saturated rings. The van der Waals surface area contributed by atoms with Crippen LogP contribution in [0, 0.1) is 11.8 Å². The zero-order valence-electron chi connectivity index (χ0n) is 5.05. The maximum atomic E-state index is 11.0. The zero-order chi connectivity index (χ0) is 6.04. The van der Waals surface area contributed by atoms with Gasteiger partial charge in [0.25, 0.3) is 0 Å². The molecule has 3 nitrogen and oxygen atoms in total. The lowest BCUT2D eigenvalue weighted by Gasteiger charge is -2.40. The number of piperazine rings is 1. The van der Waals surface area contributed by atoms with Crippen molar-refractivity contribution >= 4 is 0 Å². The van der Waals surface area contributed by atoms with Gasteiger partial charge < -0.3 is 15.2 Å². The third-order valence-electron chi connectivity index (χ3n) is 1.35. The molecule has 0 aromatic rings. The second kappa shape index (κ2) is 2.01. The molecule has 1 heterocycles. The summed E-state index contributed by atoms with van der Waals surface area (Å²) in [7, 11) is 1.67. The number of nitrogens with zero attached hydrogens (tertiary/aromatic N) is 1. The van der Waals surface area contributed by atoms with E-state index in [9.17, 15) is 5.21 Å². The van der Waals surface area contributed by atoms with Crippen LogP contribution in [0.2, 0.25) is 0 Å². The molecule has 1 rings (SSSR count). The number of rotatable bonds is 0. The molecule has 0 aliphatic carbocycles. The van der Waals surface area contributed by atoms with E-state index in [1.165, 1.54) is 0 Å². The summed E-state index contributed by atoms with van der Waals surface area (Å²) < 4.78 is -0.188. The van der Waals surface area contributed by atoms with Gasteiger partial charge in [0, 0.05) is 6.54 Å². The average Bonchev–Trinajstić information content (AvgIpc) is 1.65. The van der Waals surface area contributed by atoms with Crippen molar-refractivity contribution in [1.29, 1.82) is 0 Å². The van der Waals surface area contributed by atoms with Crippen molar-refractivity contribution in [3.8, 4) is 0 Å². The zero-order valence-corrected chi connectivity index (χ0v) is 5.05. The largest absolute Gasteiger partial charge is 0.633 e. The van der Waals surface area contributed by atoms with Gasteiger partial charge >= 0.3 is 0 Å². The fraction of sp³-hybridized carbons (Fsp3) is 0.800. The third-order valence-corrected chi connectivity index (χ3v) is 1.35. The molecule has 3 heteroatoms. The van der Waals surface area contributed by atoms with Crippen molar-refractivity contribution < 1.29 is 4.65 Å². The Morgan fingerprint density at radius 1 is 1.75 bits per heavy atom. The van der Waals surface area contributed by atoms with E-state index in [0.29, 0.717) is 6.54 Å². The summed E-state index contributed by atoms with van der Waals surface area (Å²) in [6, 6.07) is 0. The second-order valence-corrected chi connectivity index (χ2v) is 2.28. The normalized spacial score (nSPS) is 27.8. The van der Waals surface area contributed by atoms with Crippen LogP contribution in [0.15, 0.2) is 0 Å². The first-order chi connectivity index (χ1) is 3.71. The molecular weight excluding hydrogens is 104 g/mol. The van der Waals surface area contributed by atoms with Crippen molar-refractivity contribution in [2.24, 2.45) is 0 Å². The fourth-order valence-corrected chi connectivity index (χ4v) is 0.752. The molecule has 1 saturated heterocycles. The minimum Gasteiger partial charge on any atom is -0.633 e. The van der Waals surface area contributed by atoms with Crippen LogP contribution in [0.3, 0.4) is 0 Å². The van der Waals surface area contributed by atoms with Gasteiger partial charge in [0.15, 0.2) is 6.54 Å². The Balaban J connectivity index is 2.33. The topological polar surface area (TPSA) is 35.1 Å². The van der Waals surface area contributed by atoms with Crippen molar-refractivity contribution in [2.45, 2.75) is 0 Å². The standard InChI is InChI=1S/C5H11N2O/c1-7(8)4-2-6-3-5-7/h4,6H,2-3,5H2,1H3. The number of quaternary nitrogens is 1. The smallest absolute Gasteiger partial charge is 0.155 e. The van der Waals surface area contributed by atoms with Crippen molar-refractivity contribution in [1.82, 2.24) is 5.32 Å². The second-order valence-electron chi connectivity index (χ2n) is 2.28. The molecule has 0 aromatic heterocycles. The molecular formula is C5H11N2O. The molecule has 0 bridgehead atoms. The van der Waals surface area contributed by atoms with Gasteiger partial charge in [-0.3, -0.25) is 0 Å². The van der Waals surface area contributed by atoms with Crippen LogP contribution in [0.1, 0.15) is 0 Å². The quantitative estimate of drug-likeness (QED) is 0.347. The molecule has 47 valence electrons. The Bertz CT molecular complexity index is 74.5. The van der Waals surface area contributed by atoms with E-state index in [1.54, 1.807) is 13.6 Å². The molecule has 0 spiro atoms. The SMILES string of the molecule is C[N+]1([O-])[CH]CNCC1. The van der Waals surface area contributed by atoms with Gasteiger partial charge in [0.2, 0.25) is 0 Å². The lowest BCUT2D eigenvalue weighted by Crippen LogP contribution is -2.48. The first-order valence-electron chi connectivity index (χ1n) is 2.82. The van der Waals surface area contributed by atoms with Crippen LogP contribution in [-0.2, 0) is 0 Å². The summed E-state index contributed by atoms with van der Waals surface area (Å²) in [6.45, 7) is 3.99. The van der Waals surface area contributed by atoms with Crippen molar-refractivity contribution in [2.75, 3.05) is 26.7 Å². The van der Waals surface area contributed by atoms with Gasteiger partial charge in [-0.05, 0) is 0 Å². The maximum absolute atomic E-state index is 11.0. The van der Waals surface area contributed by atoms with E-state index in [-0.39, 0.29) is 4.65 Å². The van der Waals surface area contributed by atoms with Gasteiger partial charge in [0.05, 0.1) is 20.1 Å². The van der Waals surface area contributed by atoms with Crippen LogP contribution in [0.4, 0.5) is 0 Å². The minimum atomic E-state index is -0.188. The van der Waals surface area contributed by atoms with E-state index in [2.05, 4.69) is 5.32 Å². The molecule has 1 N–H and O–H groups in total. The van der Waals surface area contributed by atoms with Gasteiger partial charge in [-0.1, -0.05) is 0 Å². The number of nitrogens with one attached hydrogen (secondary N) is 1. The summed E-state index contributed by atoms with van der Waals surface area (Å²) in [5.41, 5.74) is 0. The number of hydrogen-bond acceptors (Lipinski definition) is 2. The molecule has 1 radical (unpaired) electrons. The highest BCUT2D eigenvalue weighted by Gasteiger charge is 2.14. The van der Waals surface area contributed by atoms with Crippen molar-refractivity contribution in [3.63, 3.8) is 0 Å². The van der Waals surface area contributed by atoms with E-state index < -0.39 is 0 Å². The van der Waals surface area contributed by atoms with Gasteiger partial charge in [-0.25, -0.2) is 0 Å². The Hall–Kier alpha value is -0.120. The molecule has 0 amide bonds. The summed E-state index contributed by atoms with van der Waals surface area (Å²) in [5.74, 6) is 0. The monoisotopic (exact) mass is 115 g/mol. The van der Waals surface area contributed by atoms with Crippen LogP contribution in [0.5, 0.6) is 0 Å². The van der Waals surface area contributed by atoms with Gasteiger partial charge in [-0.15, -0.1) is 0 Å². The van der Waals surface area contributed by atoms with E-state index >= 15 is 0 Å². The molecule has 0 saturated carbocycles. The van der Waals surface area contributed by atoms with Crippen LogP contribution in [-0.4, -0.2) is 31.3 Å². The minimum absolute atomic E-state index is 0.188. The number of hydrogen-bond donors (Lipinski definition) is 1. The summed E-state index contributed by atoms with van der Waals surface area (Å²) in [6.07, 6.45) is 0. The Labute approximate surface area is 49.5 Å². The van der Waals surface area contributed by atoms with Crippen LogP contribution >= 0.6 is 0 Å². The van der Waals surface area contributed by atoms with Crippen LogP contribution in [0.25, 0.3) is 0 Å². The predicted octanol–water partition coefficient (Wildman–Crippen LogP) is -0.304. The third kappa shape index (κ3) is 1.43. The lowest BCUT2D eigenvalue weighted by atomic mass is 10.4. The van der Waals surface area contributed by atoms with Crippen molar-refractivity contribution in [3.05, 3.63) is 11.8 Å². The highest BCUT2D eigenvalue weighted by molar-refractivity contribution is 4.64. The van der Waals surface area contributed by atoms with Gasteiger partial charge in [0.1, 0.15) is 0 Å². The molecule has 1 aliphatic rings. The average molecular weight is 115 g/mol. The number of hydroxylamine groups is 3. The summed E-state index contributed by atoms with van der Waals surface area (Å²) >= 11 is 0. The Morgan fingerprint density at radius 2 is 2.50 bits per heavy atom. The molecule has 1 unspecified atom stereocenters. The first kappa shape index (κ1) is 6.01. The highest BCUT2D eigenvalue weighted by Crippen LogP contribution is 2.03. The van der Waals surface area contributed by atoms with E-state index in [1.807, 2.05) is 0 Å². The lowest BCUT2D eigenvalue weighted by molar-refractivity contribution is -0.832. The predicted molar refractivity (Wildman–Crippen MR) is 31.6 cm³/mol. The highest BCUT2D eigenvalue weighted by atomic mass is 16.5. The fourth-order valence-electron chi connectivity index (χ4n) is 0.752. The summed E-state index contributed by atoms with van der Waals surface area (Å²) in [5, 5.41) is 14.0.